The quantitative estimate of drug-likeness (QED) is 0.771. The fraction of sp³-hybridized carbons (Fsp3) is 0.333. The zero-order valence-corrected chi connectivity index (χ0v) is 10.1. The van der Waals surface area contributed by atoms with E-state index in [0.29, 0.717) is 18.8 Å². The molecule has 88 valence electrons. The van der Waals surface area contributed by atoms with Gasteiger partial charge in [0.15, 0.2) is 0 Å². The normalized spacial score (nSPS) is 20.3. The average molecular weight is 265 g/mol. The van der Waals surface area contributed by atoms with E-state index in [-0.39, 0.29) is 5.02 Å². The molecule has 1 fully saturated rings. The van der Waals surface area contributed by atoms with Crippen LogP contribution in [0.2, 0.25) is 5.02 Å². The maximum atomic E-state index is 12.9. The minimum Gasteiger partial charge on any atom is -0.256 e. The van der Waals surface area contributed by atoms with Crippen molar-refractivity contribution in [1.29, 1.82) is 0 Å². The minimum atomic E-state index is -3.46. The summed E-state index contributed by atoms with van der Waals surface area (Å²) in [6.45, 7) is 0.762. The fourth-order valence-corrected chi connectivity index (χ4v) is 3.05. The van der Waals surface area contributed by atoms with Crippen molar-refractivity contribution in [3.05, 3.63) is 29.0 Å². The summed E-state index contributed by atoms with van der Waals surface area (Å²) in [7, 11) is -1.96. The second-order valence-corrected chi connectivity index (χ2v) is 5.87. The Morgan fingerprint density at radius 1 is 1.38 bits per heavy atom. The molecule has 0 aliphatic carbocycles. The molecule has 0 bridgehead atoms. The smallest absolute Gasteiger partial charge is 0.256 e. The lowest BCUT2D eigenvalue weighted by molar-refractivity contribution is 0.511. The van der Waals surface area contributed by atoms with E-state index in [2.05, 4.69) is 0 Å². The third-order valence-corrected chi connectivity index (χ3v) is 4.69. The Bertz CT molecular complexity index is 520. The molecular weight excluding hydrogens is 255 g/mol. The Labute approximate surface area is 98.4 Å². The van der Waals surface area contributed by atoms with E-state index < -0.39 is 16.0 Å². The largest absolute Gasteiger partial charge is 0.303 e. The molecule has 0 amide bonds. The Balaban J connectivity index is 2.43. The summed E-state index contributed by atoms with van der Waals surface area (Å²) >= 11 is 5.61. The van der Waals surface area contributed by atoms with Gasteiger partial charge in [0.25, 0.3) is 0 Å². The van der Waals surface area contributed by atoms with Gasteiger partial charge in [-0.1, -0.05) is 11.6 Å². The molecule has 1 aliphatic heterocycles. The van der Waals surface area contributed by atoms with Crippen molar-refractivity contribution < 1.29 is 12.8 Å². The average Bonchev–Trinajstić information content (AvgIpc) is 2.47. The molecule has 1 aromatic carbocycles. The lowest BCUT2D eigenvalue weighted by Gasteiger charge is -2.18. The standard InChI is InChI=1S/C9H10ClFN2O2S/c1-12-4-5-13(16(12,14)15)7-2-3-9(11)8(10)6-7/h2-3,6H,4-5H2,1H3. The van der Waals surface area contributed by atoms with Crippen molar-refractivity contribution in [2.24, 2.45) is 0 Å². The van der Waals surface area contributed by atoms with Gasteiger partial charge < -0.3 is 0 Å². The summed E-state index contributed by atoms with van der Waals surface area (Å²) in [5.74, 6) is -0.560. The molecule has 0 saturated carbocycles. The molecule has 0 radical (unpaired) electrons. The molecule has 0 aromatic heterocycles. The van der Waals surface area contributed by atoms with Crippen LogP contribution in [-0.2, 0) is 10.2 Å². The number of rotatable bonds is 1. The lowest BCUT2D eigenvalue weighted by Crippen LogP contribution is -2.30. The number of anilines is 1. The van der Waals surface area contributed by atoms with Crippen molar-refractivity contribution in [2.75, 3.05) is 24.4 Å². The van der Waals surface area contributed by atoms with Crippen LogP contribution < -0.4 is 4.31 Å². The van der Waals surface area contributed by atoms with Crippen LogP contribution in [0.4, 0.5) is 10.1 Å². The molecule has 0 spiro atoms. The Morgan fingerprint density at radius 3 is 2.56 bits per heavy atom. The van der Waals surface area contributed by atoms with Crippen LogP contribution in [0.15, 0.2) is 18.2 Å². The second kappa shape index (κ2) is 3.87. The number of hydrogen-bond donors (Lipinski definition) is 0. The highest BCUT2D eigenvalue weighted by molar-refractivity contribution is 7.90. The molecule has 0 N–H and O–H groups in total. The number of likely N-dealkylation sites (N-methyl/N-ethyl adjacent to an activating group) is 1. The molecule has 0 atom stereocenters. The van der Waals surface area contributed by atoms with Crippen LogP contribution >= 0.6 is 11.6 Å². The van der Waals surface area contributed by atoms with Crippen molar-refractivity contribution in [1.82, 2.24) is 4.31 Å². The van der Waals surface area contributed by atoms with Crippen LogP contribution in [0.3, 0.4) is 0 Å². The first kappa shape index (κ1) is 11.6. The van der Waals surface area contributed by atoms with E-state index >= 15 is 0 Å². The molecular formula is C9H10ClFN2O2S. The van der Waals surface area contributed by atoms with Gasteiger partial charge in [0.05, 0.1) is 10.7 Å². The fourth-order valence-electron chi connectivity index (χ4n) is 1.53. The molecule has 0 unspecified atom stereocenters. The van der Waals surface area contributed by atoms with E-state index in [1.807, 2.05) is 0 Å². The highest BCUT2D eigenvalue weighted by atomic mass is 35.5. The SMILES string of the molecule is CN1CCN(c2ccc(F)c(Cl)c2)S1(=O)=O. The summed E-state index contributed by atoms with van der Waals surface area (Å²) in [6, 6.07) is 3.87. The van der Waals surface area contributed by atoms with Crippen LogP contribution in [0, 0.1) is 5.82 Å². The van der Waals surface area contributed by atoms with Gasteiger partial charge in [-0.15, -0.1) is 0 Å². The van der Waals surface area contributed by atoms with Gasteiger partial charge in [-0.3, -0.25) is 4.31 Å². The minimum absolute atomic E-state index is 0.0812. The molecule has 2 rings (SSSR count). The van der Waals surface area contributed by atoms with Crippen LogP contribution in [0.25, 0.3) is 0 Å². The lowest BCUT2D eigenvalue weighted by atomic mass is 10.3. The molecule has 1 heterocycles. The maximum Gasteiger partial charge on any atom is 0.303 e. The van der Waals surface area contributed by atoms with Crippen molar-refractivity contribution in [3.63, 3.8) is 0 Å². The highest BCUT2D eigenvalue weighted by Crippen LogP contribution is 2.27. The zero-order chi connectivity index (χ0) is 11.9. The summed E-state index contributed by atoms with van der Waals surface area (Å²) in [6.07, 6.45) is 0. The summed E-state index contributed by atoms with van der Waals surface area (Å²) < 4.78 is 39.0. The van der Waals surface area contributed by atoms with Gasteiger partial charge in [0, 0.05) is 20.1 Å². The first-order valence-corrected chi connectivity index (χ1v) is 6.39. The third-order valence-electron chi connectivity index (χ3n) is 2.48. The second-order valence-electron chi connectivity index (χ2n) is 3.50. The zero-order valence-electron chi connectivity index (χ0n) is 8.52. The first-order chi connectivity index (χ1) is 7.43. The van der Waals surface area contributed by atoms with Crippen molar-refractivity contribution in [3.8, 4) is 0 Å². The predicted molar refractivity (Wildman–Crippen MR) is 60.3 cm³/mol. The molecule has 1 aliphatic rings. The summed E-state index contributed by atoms with van der Waals surface area (Å²) in [5.41, 5.74) is 0.385. The maximum absolute atomic E-state index is 12.9. The summed E-state index contributed by atoms with van der Waals surface area (Å²) in [5, 5.41) is -0.0812. The summed E-state index contributed by atoms with van der Waals surface area (Å²) in [4.78, 5) is 0. The van der Waals surface area contributed by atoms with Gasteiger partial charge in [0.1, 0.15) is 5.82 Å². The Kier molecular flexibility index (Phi) is 2.81. The van der Waals surface area contributed by atoms with Crippen LogP contribution in [0.1, 0.15) is 0 Å². The molecule has 1 saturated heterocycles. The Morgan fingerprint density at radius 2 is 2.06 bits per heavy atom. The number of nitrogens with zero attached hydrogens (tertiary/aromatic N) is 2. The van der Waals surface area contributed by atoms with Crippen molar-refractivity contribution >= 4 is 27.5 Å². The van der Waals surface area contributed by atoms with Gasteiger partial charge in [-0.25, -0.2) is 4.39 Å². The van der Waals surface area contributed by atoms with Gasteiger partial charge in [-0.05, 0) is 18.2 Å². The molecule has 7 heteroatoms. The van der Waals surface area contributed by atoms with E-state index in [1.54, 1.807) is 0 Å². The first-order valence-electron chi connectivity index (χ1n) is 4.62. The van der Waals surface area contributed by atoms with Gasteiger partial charge in [0.2, 0.25) is 0 Å². The van der Waals surface area contributed by atoms with Crippen molar-refractivity contribution in [2.45, 2.75) is 0 Å². The van der Waals surface area contributed by atoms with Crippen LogP contribution in [-0.4, -0.2) is 32.9 Å². The highest BCUT2D eigenvalue weighted by Gasteiger charge is 2.33. The van der Waals surface area contributed by atoms with Gasteiger partial charge >= 0.3 is 10.2 Å². The number of halogens is 2. The Hall–Kier alpha value is -0.850. The van der Waals surface area contributed by atoms with Gasteiger partial charge in [-0.2, -0.15) is 12.7 Å². The molecule has 16 heavy (non-hydrogen) atoms. The third kappa shape index (κ3) is 1.77. The van der Waals surface area contributed by atoms with E-state index in [0.717, 1.165) is 6.07 Å². The molecule has 1 aromatic rings. The van der Waals surface area contributed by atoms with Crippen LogP contribution in [0.5, 0.6) is 0 Å². The topological polar surface area (TPSA) is 40.6 Å². The number of hydrogen-bond acceptors (Lipinski definition) is 2. The molecule has 4 nitrogen and oxygen atoms in total. The number of benzene rings is 1. The van der Waals surface area contributed by atoms with E-state index in [1.165, 1.54) is 27.8 Å². The predicted octanol–water partition coefficient (Wildman–Crippen LogP) is 1.48. The van der Waals surface area contributed by atoms with E-state index in [4.69, 9.17) is 11.6 Å². The van der Waals surface area contributed by atoms with E-state index in [9.17, 15) is 12.8 Å². The monoisotopic (exact) mass is 264 g/mol.